The van der Waals surface area contributed by atoms with E-state index in [-0.39, 0.29) is 0 Å². The van der Waals surface area contributed by atoms with Gasteiger partial charge in [-0.1, -0.05) is 0 Å². The topological polar surface area (TPSA) is 84.9 Å². The van der Waals surface area contributed by atoms with Crippen molar-refractivity contribution in [2.75, 3.05) is 5.32 Å². The summed E-state index contributed by atoms with van der Waals surface area (Å²) in [4.78, 5) is 21.6. The van der Waals surface area contributed by atoms with E-state index in [1.54, 1.807) is 0 Å². The van der Waals surface area contributed by atoms with Crippen LogP contribution in [0.2, 0.25) is 0 Å². The van der Waals surface area contributed by atoms with Crippen LogP contribution < -0.4 is 14.8 Å². The van der Waals surface area contributed by atoms with Gasteiger partial charge in [0.15, 0.2) is 11.5 Å². The highest BCUT2D eigenvalue weighted by Crippen LogP contribution is 2.45. The van der Waals surface area contributed by atoms with Crippen LogP contribution in [-0.2, 0) is 4.79 Å². The second-order valence-corrected chi connectivity index (χ2v) is 3.78. The first-order chi connectivity index (χ1) is 9.49. The number of carbonyl (C=O) groups is 2. The molecule has 2 rings (SSSR count). The molecule has 11 heteroatoms. The summed E-state index contributed by atoms with van der Waals surface area (Å²) in [6, 6.07) is 1.13. The lowest BCUT2D eigenvalue weighted by Gasteiger charge is -2.09. The van der Waals surface area contributed by atoms with Crippen LogP contribution in [0, 0.1) is 0 Å². The zero-order chi connectivity index (χ0) is 16.0. The molecule has 0 spiro atoms. The predicted molar refractivity (Wildman–Crippen MR) is 54.3 cm³/mol. The van der Waals surface area contributed by atoms with E-state index in [0.29, 0.717) is 12.1 Å². The first-order valence-electron chi connectivity index (χ1n) is 5.05. The Kier molecular flexibility index (Phi) is 3.15. The minimum absolute atomic E-state index is 0.537. The van der Waals surface area contributed by atoms with E-state index in [0.717, 1.165) is 0 Å². The smallest absolute Gasteiger partial charge is 0.478 e. The molecule has 0 unspecified atom stereocenters. The average molecular weight is 313 g/mol. The van der Waals surface area contributed by atoms with E-state index in [1.807, 2.05) is 0 Å². The summed E-state index contributed by atoms with van der Waals surface area (Å²) in [6.07, 6.45) is -9.39. The molecule has 0 radical (unpaired) electrons. The number of benzene rings is 1. The van der Waals surface area contributed by atoms with Crippen LogP contribution in [0.25, 0.3) is 0 Å². The maximum atomic E-state index is 12.9. The van der Waals surface area contributed by atoms with Gasteiger partial charge >= 0.3 is 24.3 Å². The summed E-state index contributed by atoms with van der Waals surface area (Å²) in [5.74, 6) is -5.81. The number of halogens is 5. The number of carboxylic acid groups (broad SMARTS) is 1. The van der Waals surface area contributed by atoms with E-state index in [2.05, 4.69) is 9.47 Å². The Balaban J connectivity index is 2.41. The van der Waals surface area contributed by atoms with Crippen molar-refractivity contribution in [3.63, 3.8) is 0 Å². The number of carboxylic acids is 1. The molecule has 1 aliphatic heterocycles. The quantitative estimate of drug-likeness (QED) is 0.818. The number of aromatic carboxylic acids is 1. The molecule has 114 valence electrons. The normalized spacial score (nSPS) is 15.7. The number of anilines is 1. The predicted octanol–water partition coefficient (Wildman–Crippen LogP) is 2.21. The van der Waals surface area contributed by atoms with Crippen molar-refractivity contribution in [2.45, 2.75) is 12.5 Å². The van der Waals surface area contributed by atoms with Crippen LogP contribution >= 0.6 is 0 Å². The molecule has 0 fully saturated rings. The van der Waals surface area contributed by atoms with Gasteiger partial charge in [-0.15, -0.1) is 8.78 Å². The summed E-state index contributed by atoms with van der Waals surface area (Å²) in [7, 11) is 0. The third kappa shape index (κ3) is 2.95. The molecule has 0 atom stereocenters. The van der Waals surface area contributed by atoms with Gasteiger partial charge in [-0.2, -0.15) is 13.2 Å². The standard InChI is InChI=1S/C10H4F5NO5/c11-9(12,13)8(19)16-3-1-4(7(17)18)6-5(2-3)20-10(14,15)21-6/h1-2H,(H,16,19)(H,17,18). The summed E-state index contributed by atoms with van der Waals surface area (Å²) >= 11 is 0. The Morgan fingerprint density at radius 2 is 1.81 bits per heavy atom. The van der Waals surface area contributed by atoms with Crippen LogP contribution in [0.4, 0.5) is 27.6 Å². The molecule has 1 aromatic rings. The van der Waals surface area contributed by atoms with Gasteiger partial charge < -0.3 is 19.9 Å². The maximum Gasteiger partial charge on any atom is 0.586 e. The van der Waals surface area contributed by atoms with Crippen LogP contribution in [0.5, 0.6) is 11.5 Å². The van der Waals surface area contributed by atoms with Crippen molar-refractivity contribution in [3.8, 4) is 11.5 Å². The number of hydrogen-bond acceptors (Lipinski definition) is 4. The first-order valence-corrected chi connectivity index (χ1v) is 5.05. The maximum absolute atomic E-state index is 12.9. The molecule has 0 saturated carbocycles. The van der Waals surface area contributed by atoms with Gasteiger partial charge in [-0.3, -0.25) is 4.79 Å². The number of nitrogens with one attached hydrogen (secondary N) is 1. The fourth-order valence-electron chi connectivity index (χ4n) is 1.48. The van der Waals surface area contributed by atoms with E-state index < -0.39 is 47.1 Å². The molecule has 0 saturated heterocycles. The van der Waals surface area contributed by atoms with Crippen molar-refractivity contribution < 1.29 is 46.1 Å². The van der Waals surface area contributed by atoms with Crippen molar-refractivity contribution in [1.29, 1.82) is 0 Å². The van der Waals surface area contributed by atoms with Crippen molar-refractivity contribution in [3.05, 3.63) is 17.7 Å². The second-order valence-electron chi connectivity index (χ2n) is 3.78. The van der Waals surface area contributed by atoms with Gasteiger partial charge in [0.2, 0.25) is 0 Å². The van der Waals surface area contributed by atoms with Gasteiger partial charge in [0.05, 0.1) is 0 Å². The molecule has 1 amide bonds. The molecule has 1 heterocycles. The first kappa shape index (κ1) is 14.8. The van der Waals surface area contributed by atoms with Crippen LogP contribution in [0.1, 0.15) is 10.4 Å². The fourth-order valence-corrected chi connectivity index (χ4v) is 1.48. The van der Waals surface area contributed by atoms with E-state index >= 15 is 0 Å². The molecule has 1 aliphatic rings. The van der Waals surface area contributed by atoms with E-state index in [1.165, 1.54) is 5.32 Å². The van der Waals surface area contributed by atoms with Crippen molar-refractivity contribution in [2.24, 2.45) is 0 Å². The minimum Gasteiger partial charge on any atom is -0.478 e. The Bertz CT molecular complexity index is 627. The average Bonchev–Trinajstić information content (AvgIpc) is 2.60. The highest BCUT2D eigenvalue weighted by atomic mass is 19.4. The number of rotatable bonds is 2. The minimum atomic E-state index is -5.23. The lowest BCUT2D eigenvalue weighted by molar-refractivity contribution is -0.286. The molecular weight excluding hydrogens is 309 g/mol. The van der Waals surface area contributed by atoms with Crippen LogP contribution in [-0.4, -0.2) is 29.5 Å². The summed E-state index contributed by atoms with van der Waals surface area (Å²) in [5.41, 5.74) is -1.57. The van der Waals surface area contributed by atoms with Gasteiger partial charge in [0.1, 0.15) is 5.56 Å². The number of alkyl halides is 5. The molecule has 21 heavy (non-hydrogen) atoms. The Hall–Kier alpha value is -2.59. The number of carbonyl (C=O) groups excluding carboxylic acids is 1. The summed E-state index contributed by atoms with van der Waals surface area (Å²) in [5, 5.41) is 10.1. The second kappa shape index (κ2) is 4.46. The zero-order valence-corrected chi connectivity index (χ0v) is 9.62. The van der Waals surface area contributed by atoms with Gasteiger partial charge in [-0.05, 0) is 6.07 Å². The van der Waals surface area contributed by atoms with Crippen LogP contribution in [0.15, 0.2) is 12.1 Å². The van der Waals surface area contributed by atoms with Gasteiger partial charge in [0, 0.05) is 11.8 Å². The Morgan fingerprint density at radius 1 is 1.19 bits per heavy atom. The lowest BCUT2D eigenvalue weighted by atomic mass is 10.1. The zero-order valence-electron chi connectivity index (χ0n) is 9.62. The number of fused-ring (bicyclic) bond motifs is 1. The molecule has 0 bridgehead atoms. The van der Waals surface area contributed by atoms with E-state index in [9.17, 15) is 31.5 Å². The monoisotopic (exact) mass is 313 g/mol. The number of hydrogen-bond donors (Lipinski definition) is 2. The van der Waals surface area contributed by atoms with Crippen LogP contribution in [0.3, 0.4) is 0 Å². The highest BCUT2D eigenvalue weighted by Gasteiger charge is 2.46. The Labute approximate surface area is 112 Å². The SMILES string of the molecule is O=C(O)c1cc(NC(=O)C(F)(F)F)cc2c1OC(F)(F)O2. The highest BCUT2D eigenvalue weighted by molar-refractivity contribution is 5.98. The van der Waals surface area contributed by atoms with E-state index in [4.69, 9.17) is 5.11 Å². The molecule has 1 aromatic carbocycles. The molecule has 0 aliphatic carbocycles. The molecule has 0 aromatic heterocycles. The van der Waals surface area contributed by atoms with Gasteiger partial charge in [-0.25, -0.2) is 4.79 Å². The third-order valence-electron chi connectivity index (χ3n) is 2.25. The third-order valence-corrected chi connectivity index (χ3v) is 2.25. The summed E-state index contributed by atoms with van der Waals surface area (Å²) in [6.45, 7) is 0. The largest absolute Gasteiger partial charge is 0.586 e. The van der Waals surface area contributed by atoms with Crippen molar-refractivity contribution >= 4 is 17.6 Å². The molecule has 2 N–H and O–H groups in total. The summed E-state index contributed by atoms with van der Waals surface area (Å²) < 4.78 is 69.9. The lowest BCUT2D eigenvalue weighted by Crippen LogP contribution is -2.30. The molecule has 6 nitrogen and oxygen atoms in total. The number of ether oxygens (including phenoxy) is 2. The fraction of sp³-hybridized carbons (Fsp3) is 0.200. The molecular formula is C10H4F5NO5. The number of amides is 1. The van der Waals surface area contributed by atoms with Crippen molar-refractivity contribution in [1.82, 2.24) is 0 Å². The van der Waals surface area contributed by atoms with Gasteiger partial charge in [0.25, 0.3) is 0 Å². The Morgan fingerprint density at radius 3 is 2.33 bits per heavy atom.